The van der Waals surface area contributed by atoms with Crippen molar-refractivity contribution in [1.29, 1.82) is 0 Å². The second kappa shape index (κ2) is 6.25. The highest BCUT2D eigenvalue weighted by atomic mass is 19.4. The van der Waals surface area contributed by atoms with Gasteiger partial charge in [-0.2, -0.15) is 18.3 Å². The highest BCUT2D eigenvalue weighted by Crippen LogP contribution is 2.27. The molecule has 1 atom stereocenters. The SMILES string of the molecule is O=C(Cn1ccc(C(F)(F)F)n1)NC[C@H]1CCCNC1. The van der Waals surface area contributed by atoms with Gasteiger partial charge in [-0.1, -0.05) is 0 Å². The number of hydrogen-bond acceptors (Lipinski definition) is 3. The number of rotatable bonds is 4. The van der Waals surface area contributed by atoms with Gasteiger partial charge in [-0.05, 0) is 37.9 Å². The average molecular weight is 290 g/mol. The summed E-state index contributed by atoms with van der Waals surface area (Å²) in [6.45, 7) is 2.20. The molecule has 2 rings (SSSR count). The Morgan fingerprint density at radius 3 is 2.95 bits per heavy atom. The molecular formula is C12H17F3N4O. The van der Waals surface area contributed by atoms with Crippen LogP contribution in [0.4, 0.5) is 13.2 Å². The first kappa shape index (κ1) is 14.8. The second-order valence-electron chi connectivity index (χ2n) is 4.91. The van der Waals surface area contributed by atoms with Gasteiger partial charge in [-0.15, -0.1) is 0 Å². The van der Waals surface area contributed by atoms with Crippen LogP contribution in [0.3, 0.4) is 0 Å². The Balaban J connectivity index is 1.77. The number of amides is 1. The van der Waals surface area contributed by atoms with Crippen molar-refractivity contribution in [2.45, 2.75) is 25.6 Å². The summed E-state index contributed by atoms with van der Waals surface area (Å²) in [6, 6.07) is 0.859. The van der Waals surface area contributed by atoms with Crippen molar-refractivity contribution in [3.63, 3.8) is 0 Å². The van der Waals surface area contributed by atoms with E-state index in [9.17, 15) is 18.0 Å². The molecule has 1 fully saturated rings. The van der Waals surface area contributed by atoms with Crippen LogP contribution in [-0.4, -0.2) is 35.3 Å². The van der Waals surface area contributed by atoms with Crippen LogP contribution in [0.2, 0.25) is 0 Å². The summed E-state index contributed by atoms with van der Waals surface area (Å²) in [5.41, 5.74) is -0.984. The van der Waals surface area contributed by atoms with E-state index < -0.39 is 11.9 Å². The van der Waals surface area contributed by atoms with Crippen molar-refractivity contribution >= 4 is 5.91 Å². The number of aromatic nitrogens is 2. The molecule has 0 radical (unpaired) electrons. The Hall–Kier alpha value is -1.57. The zero-order valence-corrected chi connectivity index (χ0v) is 10.9. The molecule has 0 unspecified atom stereocenters. The molecule has 0 aliphatic carbocycles. The second-order valence-corrected chi connectivity index (χ2v) is 4.91. The van der Waals surface area contributed by atoms with Crippen LogP contribution >= 0.6 is 0 Å². The Labute approximate surface area is 114 Å². The van der Waals surface area contributed by atoms with E-state index in [-0.39, 0.29) is 12.5 Å². The average Bonchev–Trinajstić information content (AvgIpc) is 2.86. The lowest BCUT2D eigenvalue weighted by atomic mass is 10.00. The van der Waals surface area contributed by atoms with Gasteiger partial charge in [0, 0.05) is 12.7 Å². The maximum atomic E-state index is 12.3. The number of carbonyl (C=O) groups excluding carboxylic acids is 1. The molecule has 0 spiro atoms. The predicted molar refractivity (Wildman–Crippen MR) is 65.8 cm³/mol. The van der Waals surface area contributed by atoms with Gasteiger partial charge < -0.3 is 10.6 Å². The van der Waals surface area contributed by atoms with Crippen LogP contribution < -0.4 is 10.6 Å². The molecular weight excluding hydrogens is 273 g/mol. The summed E-state index contributed by atoms with van der Waals surface area (Å²) in [5.74, 6) is 0.0588. The summed E-state index contributed by atoms with van der Waals surface area (Å²) in [6.07, 6.45) is -1.19. The van der Waals surface area contributed by atoms with E-state index in [0.29, 0.717) is 12.5 Å². The van der Waals surface area contributed by atoms with Gasteiger partial charge in [-0.3, -0.25) is 9.48 Å². The summed E-state index contributed by atoms with van der Waals surface area (Å²) in [7, 11) is 0. The molecule has 1 aromatic rings. The Kier molecular flexibility index (Phi) is 4.64. The quantitative estimate of drug-likeness (QED) is 0.870. The fourth-order valence-electron chi connectivity index (χ4n) is 2.16. The number of hydrogen-bond donors (Lipinski definition) is 2. The van der Waals surface area contributed by atoms with Gasteiger partial charge in [0.25, 0.3) is 0 Å². The van der Waals surface area contributed by atoms with E-state index in [1.807, 2.05) is 0 Å². The molecule has 1 saturated heterocycles. The molecule has 0 bridgehead atoms. The molecule has 1 amide bonds. The fourth-order valence-corrected chi connectivity index (χ4v) is 2.16. The minimum Gasteiger partial charge on any atom is -0.354 e. The van der Waals surface area contributed by atoms with Gasteiger partial charge in [0.15, 0.2) is 5.69 Å². The number of piperidine rings is 1. The lowest BCUT2D eigenvalue weighted by molar-refractivity contribution is -0.141. The molecule has 112 valence electrons. The summed E-state index contributed by atoms with van der Waals surface area (Å²) in [4.78, 5) is 11.6. The van der Waals surface area contributed by atoms with Crippen LogP contribution in [0.1, 0.15) is 18.5 Å². The molecule has 5 nitrogen and oxygen atoms in total. The molecule has 2 N–H and O–H groups in total. The molecule has 2 heterocycles. The largest absolute Gasteiger partial charge is 0.435 e. The number of carbonyl (C=O) groups is 1. The number of nitrogens with one attached hydrogen (secondary N) is 2. The predicted octanol–water partition coefficient (Wildman–Crippen LogP) is 1.02. The molecule has 1 aromatic heterocycles. The van der Waals surface area contributed by atoms with Crippen LogP contribution in [0.5, 0.6) is 0 Å². The summed E-state index contributed by atoms with van der Waals surface area (Å²) in [5, 5.41) is 9.30. The van der Waals surface area contributed by atoms with Crippen molar-refractivity contribution in [1.82, 2.24) is 20.4 Å². The number of nitrogens with zero attached hydrogens (tertiary/aromatic N) is 2. The smallest absolute Gasteiger partial charge is 0.354 e. The molecule has 20 heavy (non-hydrogen) atoms. The molecule has 1 aliphatic heterocycles. The minimum absolute atomic E-state index is 0.198. The van der Waals surface area contributed by atoms with E-state index in [2.05, 4.69) is 15.7 Å². The van der Waals surface area contributed by atoms with Gasteiger partial charge in [0.2, 0.25) is 5.91 Å². The van der Waals surface area contributed by atoms with E-state index >= 15 is 0 Å². The van der Waals surface area contributed by atoms with Crippen LogP contribution in [-0.2, 0) is 17.5 Å². The van der Waals surface area contributed by atoms with E-state index in [1.54, 1.807) is 0 Å². The topological polar surface area (TPSA) is 59.0 Å². The Morgan fingerprint density at radius 2 is 2.35 bits per heavy atom. The molecule has 8 heteroatoms. The Morgan fingerprint density at radius 1 is 1.55 bits per heavy atom. The molecule has 0 saturated carbocycles. The third kappa shape index (κ3) is 4.22. The van der Waals surface area contributed by atoms with E-state index in [0.717, 1.165) is 42.9 Å². The summed E-state index contributed by atoms with van der Waals surface area (Å²) >= 11 is 0. The van der Waals surface area contributed by atoms with Crippen molar-refractivity contribution < 1.29 is 18.0 Å². The van der Waals surface area contributed by atoms with E-state index in [4.69, 9.17) is 0 Å². The maximum Gasteiger partial charge on any atom is 0.435 e. The monoisotopic (exact) mass is 290 g/mol. The van der Waals surface area contributed by atoms with Crippen molar-refractivity contribution in [3.05, 3.63) is 18.0 Å². The first-order valence-corrected chi connectivity index (χ1v) is 6.53. The van der Waals surface area contributed by atoms with Crippen molar-refractivity contribution in [2.75, 3.05) is 19.6 Å². The lowest BCUT2D eigenvalue weighted by Gasteiger charge is -2.22. The highest BCUT2D eigenvalue weighted by Gasteiger charge is 2.33. The van der Waals surface area contributed by atoms with Crippen molar-refractivity contribution in [2.24, 2.45) is 5.92 Å². The lowest BCUT2D eigenvalue weighted by Crippen LogP contribution is -2.39. The fraction of sp³-hybridized carbons (Fsp3) is 0.667. The first-order valence-electron chi connectivity index (χ1n) is 6.53. The first-order chi connectivity index (χ1) is 9.45. The molecule has 0 aromatic carbocycles. The zero-order valence-electron chi connectivity index (χ0n) is 10.9. The standard InChI is InChI=1S/C12H17F3N4O/c13-12(14,15)10-3-5-19(18-10)8-11(20)17-7-9-2-1-4-16-6-9/h3,5,9,16H,1-2,4,6-8H2,(H,17,20)/t9-/m0/s1. The van der Waals surface area contributed by atoms with Gasteiger partial charge in [-0.25, -0.2) is 0 Å². The van der Waals surface area contributed by atoms with E-state index in [1.165, 1.54) is 0 Å². The van der Waals surface area contributed by atoms with Gasteiger partial charge >= 0.3 is 6.18 Å². The van der Waals surface area contributed by atoms with Crippen LogP contribution in [0.15, 0.2) is 12.3 Å². The highest BCUT2D eigenvalue weighted by molar-refractivity contribution is 5.75. The molecule has 1 aliphatic rings. The van der Waals surface area contributed by atoms with Crippen molar-refractivity contribution in [3.8, 4) is 0 Å². The third-order valence-electron chi connectivity index (χ3n) is 3.22. The minimum atomic E-state index is -4.48. The number of halogens is 3. The third-order valence-corrected chi connectivity index (χ3v) is 3.22. The summed E-state index contributed by atoms with van der Waals surface area (Å²) < 4.78 is 38.0. The normalized spacial score (nSPS) is 19.9. The van der Waals surface area contributed by atoms with Crippen LogP contribution in [0, 0.1) is 5.92 Å². The Bertz CT molecular complexity index is 452. The zero-order chi connectivity index (χ0) is 14.6. The van der Waals surface area contributed by atoms with Gasteiger partial charge in [0.05, 0.1) is 0 Å². The number of alkyl halides is 3. The maximum absolute atomic E-state index is 12.3. The van der Waals surface area contributed by atoms with Gasteiger partial charge in [0.1, 0.15) is 6.54 Å². The van der Waals surface area contributed by atoms with Crippen LogP contribution in [0.25, 0.3) is 0 Å².